The molecule has 0 aliphatic rings. The summed E-state index contributed by atoms with van der Waals surface area (Å²) >= 11 is 0. The Morgan fingerprint density at radius 2 is 0.917 bits per heavy atom. The van der Waals surface area contributed by atoms with Gasteiger partial charge in [0, 0.05) is 30.2 Å². The van der Waals surface area contributed by atoms with Gasteiger partial charge in [0.05, 0.1) is 106 Å². The molecule has 0 aliphatic carbocycles. The van der Waals surface area contributed by atoms with Gasteiger partial charge >= 0.3 is 17.9 Å². The molecule has 0 bridgehead atoms. The second-order valence-electron chi connectivity index (χ2n) is 9.80. The average molecular weight is 693 g/mol. The molecule has 0 amide bonds. The molecular formula is C33H56O15. The summed E-state index contributed by atoms with van der Waals surface area (Å²) in [4.78, 5) is 33.8. The molecule has 2 unspecified atom stereocenters. The van der Waals surface area contributed by atoms with Gasteiger partial charge in [-0.3, -0.25) is 0 Å². The maximum atomic E-state index is 11.5. The molecule has 48 heavy (non-hydrogen) atoms. The van der Waals surface area contributed by atoms with E-state index in [0.717, 1.165) is 24.6 Å². The van der Waals surface area contributed by atoms with E-state index in [9.17, 15) is 14.4 Å². The predicted molar refractivity (Wildman–Crippen MR) is 173 cm³/mol. The Morgan fingerprint density at radius 1 is 0.521 bits per heavy atom. The quantitative estimate of drug-likeness (QED) is 0.0308. The third-order valence-corrected chi connectivity index (χ3v) is 6.15. The van der Waals surface area contributed by atoms with Crippen LogP contribution in [-0.2, 0) is 71.2 Å². The van der Waals surface area contributed by atoms with Crippen molar-refractivity contribution in [3.63, 3.8) is 0 Å². The first-order valence-corrected chi connectivity index (χ1v) is 16.0. The van der Waals surface area contributed by atoms with E-state index in [4.69, 9.17) is 56.8 Å². The minimum absolute atomic E-state index is 0.0767. The van der Waals surface area contributed by atoms with Crippen LogP contribution >= 0.6 is 0 Å². The summed E-state index contributed by atoms with van der Waals surface area (Å²) in [5.41, 5.74) is -0.411. The van der Waals surface area contributed by atoms with Gasteiger partial charge in [-0.2, -0.15) is 0 Å². The lowest BCUT2D eigenvalue weighted by Gasteiger charge is -2.32. The lowest BCUT2D eigenvalue weighted by Crippen LogP contribution is -2.38. The van der Waals surface area contributed by atoms with E-state index in [-0.39, 0.29) is 39.6 Å². The Labute approximate surface area is 284 Å². The van der Waals surface area contributed by atoms with Crippen molar-refractivity contribution >= 4 is 17.9 Å². The molecule has 0 rings (SSSR count). The van der Waals surface area contributed by atoms with Crippen LogP contribution in [0.3, 0.4) is 0 Å². The lowest BCUT2D eigenvalue weighted by molar-refractivity contribution is -0.191. The molecule has 0 heterocycles. The molecule has 0 saturated heterocycles. The Kier molecular flexibility index (Phi) is 30.9. The Hall–Kier alpha value is -2.73. The summed E-state index contributed by atoms with van der Waals surface area (Å²) in [6.45, 7) is 20.1. The number of carbonyl (C=O) groups excluding carboxylic acids is 3. The number of hydrogen-bond acceptors (Lipinski definition) is 15. The van der Waals surface area contributed by atoms with Gasteiger partial charge in [0.2, 0.25) is 6.29 Å². The van der Waals surface area contributed by atoms with Crippen LogP contribution in [-0.4, -0.2) is 150 Å². The van der Waals surface area contributed by atoms with Crippen molar-refractivity contribution in [3.05, 3.63) is 38.0 Å². The number of ether oxygens (including phenoxy) is 12. The van der Waals surface area contributed by atoms with Crippen molar-refractivity contribution in [2.45, 2.75) is 26.6 Å². The van der Waals surface area contributed by atoms with Crippen LogP contribution in [0.15, 0.2) is 38.0 Å². The largest absolute Gasteiger partial charge is 0.460 e. The van der Waals surface area contributed by atoms with Crippen LogP contribution in [0.5, 0.6) is 0 Å². The summed E-state index contributed by atoms with van der Waals surface area (Å²) in [6.07, 6.45) is 2.69. The fraction of sp³-hybridized carbons (Fsp3) is 0.727. The molecular weight excluding hydrogens is 636 g/mol. The van der Waals surface area contributed by atoms with Crippen LogP contribution in [0.2, 0.25) is 0 Å². The van der Waals surface area contributed by atoms with Crippen molar-refractivity contribution < 1.29 is 71.2 Å². The number of esters is 3. The van der Waals surface area contributed by atoms with Gasteiger partial charge in [-0.25, -0.2) is 14.4 Å². The highest BCUT2D eigenvalue weighted by molar-refractivity contribution is 5.82. The van der Waals surface area contributed by atoms with Gasteiger partial charge in [-0.15, -0.1) is 0 Å². The van der Waals surface area contributed by atoms with Gasteiger partial charge in [0.15, 0.2) is 6.61 Å². The zero-order valence-electron chi connectivity index (χ0n) is 28.7. The third-order valence-electron chi connectivity index (χ3n) is 6.15. The molecule has 0 aromatic heterocycles. The fourth-order valence-electron chi connectivity index (χ4n) is 3.44. The highest BCUT2D eigenvalue weighted by Crippen LogP contribution is 2.24. The standard InChI is InChI=1S/C33H56O15/c1-6-29(34)45-23-21-40-14-13-39-16-19-43-27-33(9-4,26-42-18-15-38-12-11-37-10-5)28-44-20-17-41-22-24-46-32(48-31(36)8-3)25-47-30(35)7-2/h6-8,32H,1-3,9-28H2,4-5H3. The molecule has 2 atom stereocenters. The molecule has 0 N–H and O–H groups in total. The van der Waals surface area contributed by atoms with E-state index in [1.54, 1.807) is 0 Å². The van der Waals surface area contributed by atoms with E-state index in [0.29, 0.717) is 85.9 Å². The van der Waals surface area contributed by atoms with E-state index in [1.807, 2.05) is 13.8 Å². The molecule has 278 valence electrons. The molecule has 0 aromatic carbocycles. The normalized spacial score (nSPS) is 12.9. The Bertz CT molecular complexity index is 853. The summed E-state index contributed by atoms with van der Waals surface area (Å²) in [5, 5.41) is 0. The second-order valence-corrected chi connectivity index (χ2v) is 9.80. The minimum Gasteiger partial charge on any atom is -0.460 e. The smallest absolute Gasteiger partial charge is 0.332 e. The second kappa shape index (κ2) is 32.8. The van der Waals surface area contributed by atoms with Crippen molar-refractivity contribution in [1.82, 2.24) is 0 Å². The molecule has 0 aromatic rings. The van der Waals surface area contributed by atoms with Gasteiger partial charge in [0.1, 0.15) is 6.61 Å². The molecule has 0 saturated carbocycles. The molecule has 0 aliphatic heterocycles. The first kappa shape index (κ1) is 45.3. The van der Waals surface area contributed by atoms with Crippen molar-refractivity contribution in [1.29, 1.82) is 0 Å². The highest BCUT2D eigenvalue weighted by atomic mass is 16.7. The van der Waals surface area contributed by atoms with Gasteiger partial charge < -0.3 is 56.8 Å². The number of hydrogen-bond donors (Lipinski definition) is 0. The summed E-state index contributed by atoms with van der Waals surface area (Å²) in [5.74, 6) is -1.88. The van der Waals surface area contributed by atoms with E-state index in [2.05, 4.69) is 19.7 Å². The Morgan fingerprint density at radius 3 is 1.35 bits per heavy atom. The minimum atomic E-state index is -1.11. The van der Waals surface area contributed by atoms with Crippen molar-refractivity contribution in [3.8, 4) is 0 Å². The van der Waals surface area contributed by atoms with Gasteiger partial charge in [-0.05, 0) is 13.3 Å². The van der Waals surface area contributed by atoms with E-state index >= 15 is 0 Å². The average Bonchev–Trinajstić information content (AvgIpc) is 3.10. The monoisotopic (exact) mass is 692 g/mol. The maximum Gasteiger partial charge on any atom is 0.332 e. The van der Waals surface area contributed by atoms with E-state index in [1.165, 1.54) is 0 Å². The molecule has 0 radical (unpaired) electrons. The highest BCUT2D eigenvalue weighted by Gasteiger charge is 2.30. The van der Waals surface area contributed by atoms with Gasteiger partial charge in [-0.1, -0.05) is 26.7 Å². The van der Waals surface area contributed by atoms with Crippen LogP contribution in [0.4, 0.5) is 0 Å². The van der Waals surface area contributed by atoms with Crippen LogP contribution < -0.4 is 0 Å². The van der Waals surface area contributed by atoms with E-state index < -0.39 is 29.6 Å². The molecule has 0 fully saturated rings. The number of carbonyl (C=O) groups is 3. The zero-order valence-corrected chi connectivity index (χ0v) is 28.7. The third kappa shape index (κ3) is 27.2. The first-order valence-electron chi connectivity index (χ1n) is 16.0. The number of rotatable bonds is 36. The molecule has 15 nitrogen and oxygen atoms in total. The summed E-state index contributed by atoms with van der Waals surface area (Å²) < 4.78 is 65.2. The van der Waals surface area contributed by atoms with Gasteiger partial charge in [0.25, 0.3) is 0 Å². The predicted octanol–water partition coefficient (Wildman–Crippen LogP) is 2.07. The summed E-state index contributed by atoms with van der Waals surface area (Å²) in [6, 6.07) is 0. The first-order chi connectivity index (χ1) is 23.4. The SMILES string of the molecule is C=CC(=O)OCCOCCOCCOCC(CC)(COCCOCCOCC)COCCOCCOC(COC(=O)C=C)OC(=O)C=C. The van der Waals surface area contributed by atoms with Crippen LogP contribution in [0.1, 0.15) is 20.3 Å². The van der Waals surface area contributed by atoms with Crippen LogP contribution in [0, 0.1) is 5.41 Å². The topological polar surface area (TPSA) is 162 Å². The van der Waals surface area contributed by atoms with Crippen LogP contribution in [0.25, 0.3) is 0 Å². The molecule has 0 spiro atoms. The zero-order chi connectivity index (χ0) is 35.6. The summed E-state index contributed by atoms with van der Waals surface area (Å²) in [7, 11) is 0. The lowest BCUT2D eigenvalue weighted by atomic mass is 9.88. The van der Waals surface area contributed by atoms with Crippen molar-refractivity contribution in [2.24, 2.45) is 5.41 Å². The maximum absolute atomic E-state index is 11.5. The molecule has 15 heteroatoms. The Balaban J connectivity index is 4.50. The van der Waals surface area contributed by atoms with Crippen molar-refractivity contribution in [2.75, 3.05) is 126 Å². The fourth-order valence-corrected chi connectivity index (χ4v) is 3.44.